The molecular formula is C25H24F3N5O4. The van der Waals surface area contributed by atoms with Crippen LogP contribution in [0, 0.1) is 0 Å². The van der Waals surface area contributed by atoms with Crippen molar-refractivity contribution < 1.29 is 32.6 Å². The van der Waals surface area contributed by atoms with Gasteiger partial charge in [0, 0.05) is 56.2 Å². The van der Waals surface area contributed by atoms with Crippen LogP contribution in [0.4, 0.5) is 13.2 Å². The van der Waals surface area contributed by atoms with Gasteiger partial charge in [0.25, 0.3) is 5.91 Å². The summed E-state index contributed by atoms with van der Waals surface area (Å²) >= 11 is 0. The van der Waals surface area contributed by atoms with E-state index in [0.29, 0.717) is 12.2 Å². The Hall–Kier alpha value is -4.19. The first-order valence-electron chi connectivity index (χ1n) is 11.4. The van der Waals surface area contributed by atoms with Crippen LogP contribution in [0.5, 0.6) is 0 Å². The number of carboxylic acids is 1. The van der Waals surface area contributed by atoms with Gasteiger partial charge in [-0.2, -0.15) is 13.2 Å². The maximum absolute atomic E-state index is 12.9. The normalized spacial score (nSPS) is 15.3. The minimum absolute atomic E-state index is 0.101. The molecule has 4 aromatic rings. The quantitative estimate of drug-likeness (QED) is 0.404. The van der Waals surface area contributed by atoms with Crippen molar-refractivity contribution in [3.63, 3.8) is 0 Å². The topological polar surface area (TPSA) is 111 Å². The zero-order chi connectivity index (χ0) is 26.4. The summed E-state index contributed by atoms with van der Waals surface area (Å²) in [6.07, 6.45) is 6.69. The number of halogens is 3. The van der Waals surface area contributed by atoms with Crippen molar-refractivity contribution in [1.82, 2.24) is 24.3 Å². The Kier molecular flexibility index (Phi) is 7.87. The second kappa shape index (κ2) is 11.2. The number of amides is 1. The average Bonchev–Trinajstić information content (AvgIpc) is 3.63. The minimum atomic E-state index is -5.08. The summed E-state index contributed by atoms with van der Waals surface area (Å²) in [5.74, 6) is -2.18. The zero-order valence-corrected chi connectivity index (χ0v) is 19.6. The number of aromatic nitrogens is 4. The van der Waals surface area contributed by atoms with Gasteiger partial charge in [0.1, 0.15) is 5.82 Å². The number of carboxylic acid groups (broad SMARTS) is 1. The Morgan fingerprint density at radius 2 is 1.97 bits per heavy atom. The van der Waals surface area contributed by atoms with Crippen LogP contribution in [-0.4, -0.2) is 61.4 Å². The predicted octanol–water partition coefficient (Wildman–Crippen LogP) is 3.79. The molecule has 0 spiro atoms. The zero-order valence-electron chi connectivity index (χ0n) is 19.6. The van der Waals surface area contributed by atoms with E-state index in [1.54, 1.807) is 6.20 Å². The Balaban J connectivity index is 0.000000405. The van der Waals surface area contributed by atoms with Crippen molar-refractivity contribution in [3.05, 3.63) is 78.6 Å². The third-order valence-corrected chi connectivity index (χ3v) is 5.62. The molecule has 12 heteroatoms. The average molecular weight is 515 g/mol. The Morgan fingerprint density at radius 1 is 1.16 bits per heavy atom. The highest BCUT2D eigenvalue weighted by Crippen LogP contribution is 2.24. The number of carbonyl (C=O) groups excluding carboxylic acids is 1. The number of aliphatic carboxylic acids is 1. The van der Waals surface area contributed by atoms with Crippen LogP contribution >= 0.6 is 0 Å². The molecule has 0 aromatic carbocycles. The lowest BCUT2D eigenvalue weighted by atomic mass is 10.2. The molecule has 5 rings (SSSR count). The molecule has 0 radical (unpaired) electrons. The number of imidazole rings is 1. The molecule has 194 valence electrons. The minimum Gasteiger partial charge on any atom is -0.475 e. The molecule has 0 saturated carbocycles. The molecule has 1 aliphatic rings. The third kappa shape index (κ3) is 6.53. The van der Waals surface area contributed by atoms with Crippen LogP contribution in [-0.2, 0) is 16.1 Å². The Morgan fingerprint density at radius 3 is 2.65 bits per heavy atom. The number of rotatable bonds is 6. The van der Waals surface area contributed by atoms with E-state index in [-0.39, 0.29) is 12.0 Å². The number of pyridine rings is 2. The molecule has 1 fully saturated rings. The van der Waals surface area contributed by atoms with Crippen LogP contribution in [0.2, 0.25) is 0 Å². The van der Waals surface area contributed by atoms with Gasteiger partial charge in [-0.25, -0.2) is 9.78 Å². The van der Waals surface area contributed by atoms with Gasteiger partial charge in [0.05, 0.1) is 11.6 Å². The van der Waals surface area contributed by atoms with Crippen molar-refractivity contribution in [1.29, 1.82) is 0 Å². The molecule has 0 bridgehead atoms. The maximum Gasteiger partial charge on any atom is 0.490 e. The number of carbonyl (C=O) groups is 2. The van der Waals surface area contributed by atoms with E-state index in [0.717, 1.165) is 48.5 Å². The van der Waals surface area contributed by atoms with Crippen molar-refractivity contribution in [3.8, 4) is 11.4 Å². The SMILES string of the molecule is O=C(NCC1CCCO1)c1nc(-c2ccn(Cc3cccnc3)c2)n2ccccc12.O=C(O)C(F)(F)F. The highest BCUT2D eigenvalue weighted by molar-refractivity contribution is 6.00. The standard InChI is InChI=1S/C23H23N5O2.C2HF3O2/c29-23(25-14-19-6-4-12-30-19)21-20-7-1-2-10-28(20)22(26-21)18-8-11-27(16-18)15-17-5-3-9-24-13-17;3-2(4,5)1(6)7/h1-3,5,7-11,13,16,19H,4,6,12,14-15H2,(H,25,29);(H,6,7). The fourth-order valence-electron chi connectivity index (χ4n) is 3.88. The summed E-state index contributed by atoms with van der Waals surface area (Å²) in [6.45, 7) is 2.02. The molecule has 9 nitrogen and oxygen atoms in total. The molecule has 1 atom stereocenters. The molecule has 5 heterocycles. The lowest BCUT2D eigenvalue weighted by molar-refractivity contribution is -0.192. The molecule has 0 aliphatic carbocycles. The lowest BCUT2D eigenvalue weighted by Crippen LogP contribution is -2.32. The number of ether oxygens (including phenoxy) is 1. The van der Waals surface area contributed by atoms with Crippen molar-refractivity contribution in [2.45, 2.75) is 31.7 Å². The van der Waals surface area contributed by atoms with E-state index in [1.165, 1.54) is 0 Å². The molecule has 1 aliphatic heterocycles. The largest absolute Gasteiger partial charge is 0.490 e. The van der Waals surface area contributed by atoms with Crippen LogP contribution in [0.15, 0.2) is 67.4 Å². The summed E-state index contributed by atoms with van der Waals surface area (Å²) in [4.78, 5) is 30.6. The van der Waals surface area contributed by atoms with Crippen molar-refractivity contribution in [2.24, 2.45) is 0 Å². The molecular weight excluding hydrogens is 491 g/mol. The van der Waals surface area contributed by atoms with Crippen LogP contribution in [0.3, 0.4) is 0 Å². The first kappa shape index (κ1) is 25.9. The first-order valence-corrected chi connectivity index (χ1v) is 11.4. The third-order valence-electron chi connectivity index (χ3n) is 5.62. The first-order chi connectivity index (χ1) is 17.7. The number of fused-ring (bicyclic) bond motifs is 1. The molecule has 37 heavy (non-hydrogen) atoms. The fourth-order valence-corrected chi connectivity index (χ4v) is 3.88. The summed E-state index contributed by atoms with van der Waals surface area (Å²) in [5, 5.41) is 10.1. The maximum atomic E-state index is 12.9. The van der Waals surface area contributed by atoms with E-state index in [2.05, 4.69) is 14.9 Å². The van der Waals surface area contributed by atoms with E-state index >= 15 is 0 Å². The Labute approximate surface area is 209 Å². The summed E-state index contributed by atoms with van der Waals surface area (Å²) in [5.41, 5.74) is 3.31. The number of hydrogen-bond acceptors (Lipinski definition) is 5. The van der Waals surface area contributed by atoms with Crippen molar-refractivity contribution in [2.75, 3.05) is 13.2 Å². The second-order valence-corrected chi connectivity index (χ2v) is 8.32. The lowest BCUT2D eigenvalue weighted by Gasteiger charge is -2.09. The second-order valence-electron chi connectivity index (χ2n) is 8.32. The van der Waals surface area contributed by atoms with Crippen LogP contribution < -0.4 is 5.32 Å². The molecule has 1 unspecified atom stereocenters. The van der Waals surface area contributed by atoms with E-state index in [9.17, 15) is 18.0 Å². The fraction of sp³-hybridized carbons (Fsp3) is 0.280. The number of hydrogen-bond donors (Lipinski definition) is 2. The van der Waals surface area contributed by atoms with Gasteiger partial charge in [-0.15, -0.1) is 0 Å². The predicted molar refractivity (Wildman–Crippen MR) is 127 cm³/mol. The highest BCUT2D eigenvalue weighted by Gasteiger charge is 2.38. The van der Waals surface area contributed by atoms with Gasteiger partial charge >= 0.3 is 12.1 Å². The van der Waals surface area contributed by atoms with Crippen LogP contribution in [0.25, 0.3) is 16.9 Å². The molecule has 1 amide bonds. The summed E-state index contributed by atoms with van der Waals surface area (Å²) in [7, 11) is 0. The van der Waals surface area contributed by atoms with Gasteiger partial charge in [0.2, 0.25) is 0 Å². The van der Waals surface area contributed by atoms with Gasteiger partial charge < -0.3 is 19.7 Å². The van der Waals surface area contributed by atoms with Crippen molar-refractivity contribution >= 4 is 17.4 Å². The van der Waals surface area contributed by atoms with E-state index in [4.69, 9.17) is 19.6 Å². The number of nitrogens with one attached hydrogen (secondary N) is 1. The molecule has 4 aromatic heterocycles. The van der Waals surface area contributed by atoms with E-state index in [1.807, 2.05) is 65.6 Å². The van der Waals surface area contributed by atoms with Crippen LogP contribution in [0.1, 0.15) is 28.9 Å². The Bertz CT molecular complexity index is 1360. The number of alkyl halides is 3. The monoisotopic (exact) mass is 515 g/mol. The van der Waals surface area contributed by atoms with Gasteiger partial charge in [-0.05, 0) is 42.7 Å². The molecule has 2 N–H and O–H groups in total. The van der Waals surface area contributed by atoms with Gasteiger partial charge in [-0.1, -0.05) is 12.1 Å². The molecule has 1 saturated heterocycles. The summed E-state index contributed by atoms with van der Waals surface area (Å²) < 4.78 is 41.4. The van der Waals surface area contributed by atoms with E-state index < -0.39 is 12.1 Å². The summed E-state index contributed by atoms with van der Waals surface area (Å²) in [6, 6.07) is 11.8. The highest BCUT2D eigenvalue weighted by atomic mass is 19.4. The smallest absolute Gasteiger partial charge is 0.475 e. The van der Waals surface area contributed by atoms with Gasteiger partial charge in [-0.3, -0.25) is 14.2 Å². The number of nitrogens with zero attached hydrogens (tertiary/aromatic N) is 4. The van der Waals surface area contributed by atoms with Gasteiger partial charge in [0.15, 0.2) is 5.69 Å².